The first-order chi connectivity index (χ1) is 19.4. The fourth-order valence-corrected chi connectivity index (χ4v) is 5.16. The zero-order chi connectivity index (χ0) is 29.9. The van der Waals surface area contributed by atoms with Crippen LogP contribution in [-0.4, -0.2) is 112 Å². The van der Waals surface area contributed by atoms with E-state index in [0.717, 1.165) is 18.2 Å². The van der Waals surface area contributed by atoms with Gasteiger partial charge in [0.1, 0.15) is 77.6 Å². The molecule has 2 aromatic carbocycles. The first-order valence-corrected chi connectivity index (χ1v) is 12.4. The molecule has 41 heavy (non-hydrogen) atoms. The summed E-state index contributed by atoms with van der Waals surface area (Å²) < 4.78 is 16.8. The van der Waals surface area contributed by atoms with Gasteiger partial charge in [0, 0.05) is 11.6 Å². The van der Waals surface area contributed by atoms with Crippen LogP contribution < -0.4 is 5.43 Å². The number of fused-ring (bicyclic) bond motifs is 1. The Balaban J connectivity index is 1.81. The van der Waals surface area contributed by atoms with Crippen LogP contribution in [0.3, 0.4) is 0 Å². The summed E-state index contributed by atoms with van der Waals surface area (Å²) in [7, 11) is 0. The summed E-state index contributed by atoms with van der Waals surface area (Å²) in [4.78, 5) is 13.4. The molecule has 2 saturated heterocycles. The van der Waals surface area contributed by atoms with Gasteiger partial charge in [-0.2, -0.15) is 0 Å². The molecule has 2 aliphatic rings. The molecule has 0 spiro atoms. The lowest BCUT2D eigenvalue weighted by molar-refractivity contribution is -0.232. The van der Waals surface area contributed by atoms with Gasteiger partial charge in [-0.25, -0.2) is 0 Å². The molecule has 3 unspecified atom stereocenters. The average Bonchev–Trinajstić information content (AvgIpc) is 2.93. The van der Waals surface area contributed by atoms with Crippen molar-refractivity contribution in [3.63, 3.8) is 0 Å². The van der Waals surface area contributed by atoms with E-state index in [9.17, 15) is 61.0 Å². The van der Waals surface area contributed by atoms with Gasteiger partial charge >= 0.3 is 0 Å². The molecule has 15 heteroatoms. The molecule has 0 aliphatic carbocycles. The first-order valence-electron chi connectivity index (χ1n) is 12.4. The minimum atomic E-state index is -2.01. The van der Waals surface area contributed by atoms with Crippen molar-refractivity contribution in [3.05, 3.63) is 45.6 Å². The Morgan fingerprint density at radius 3 is 2.10 bits per heavy atom. The largest absolute Gasteiger partial charge is 0.507 e. The second kappa shape index (κ2) is 10.7. The van der Waals surface area contributed by atoms with Crippen molar-refractivity contribution in [1.82, 2.24) is 0 Å². The molecule has 0 amide bonds. The molecule has 11 N–H and O–H groups in total. The summed E-state index contributed by atoms with van der Waals surface area (Å²) in [6.45, 7) is -1.39. The number of phenolic OH excluding ortho intramolecular Hbond substituents is 4. The number of aliphatic hydroxyl groups is 7. The van der Waals surface area contributed by atoms with E-state index in [4.69, 9.17) is 13.9 Å². The van der Waals surface area contributed by atoms with Gasteiger partial charge < -0.3 is 70.1 Å². The van der Waals surface area contributed by atoms with Crippen LogP contribution in [0.4, 0.5) is 0 Å². The van der Waals surface area contributed by atoms with Crippen molar-refractivity contribution >= 4 is 11.0 Å². The van der Waals surface area contributed by atoms with E-state index in [0.29, 0.717) is 0 Å². The van der Waals surface area contributed by atoms with Gasteiger partial charge in [0.15, 0.2) is 22.5 Å². The maximum Gasteiger partial charge on any atom is 0.197 e. The van der Waals surface area contributed by atoms with Gasteiger partial charge in [-0.15, -0.1) is 0 Å². The van der Waals surface area contributed by atoms with E-state index in [1.54, 1.807) is 0 Å². The highest BCUT2D eigenvalue weighted by Gasteiger charge is 2.48. The lowest BCUT2D eigenvalue weighted by Gasteiger charge is -2.41. The van der Waals surface area contributed by atoms with Crippen LogP contribution >= 0.6 is 0 Å². The van der Waals surface area contributed by atoms with Crippen molar-refractivity contribution in [3.8, 4) is 34.3 Å². The highest BCUT2D eigenvalue weighted by molar-refractivity contribution is 5.92. The minimum Gasteiger partial charge on any atom is -0.507 e. The Morgan fingerprint density at radius 1 is 0.756 bits per heavy atom. The molecule has 3 heterocycles. The topological polar surface area (TPSA) is 271 Å². The highest BCUT2D eigenvalue weighted by atomic mass is 16.5. The summed E-state index contributed by atoms with van der Waals surface area (Å²) in [5.41, 5.74) is -2.64. The predicted molar refractivity (Wildman–Crippen MR) is 134 cm³/mol. The fourth-order valence-electron chi connectivity index (χ4n) is 5.16. The molecular weight excluding hydrogens is 552 g/mol. The molecule has 2 fully saturated rings. The van der Waals surface area contributed by atoms with Crippen molar-refractivity contribution in [2.24, 2.45) is 0 Å². The van der Waals surface area contributed by atoms with Crippen molar-refractivity contribution in [2.45, 2.75) is 54.9 Å². The zero-order valence-corrected chi connectivity index (χ0v) is 21.0. The number of rotatable bonds is 4. The molecule has 0 bridgehead atoms. The number of aromatic hydroxyl groups is 4. The third kappa shape index (κ3) is 4.66. The third-order valence-corrected chi connectivity index (χ3v) is 7.42. The van der Waals surface area contributed by atoms with Gasteiger partial charge in [0.05, 0.1) is 24.3 Å². The van der Waals surface area contributed by atoms with E-state index in [2.05, 4.69) is 0 Å². The summed E-state index contributed by atoms with van der Waals surface area (Å²) >= 11 is 0. The Bertz CT molecular complexity index is 1520. The van der Waals surface area contributed by atoms with Gasteiger partial charge in [-0.05, 0) is 18.2 Å². The molecule has 15 nitrogen and oxygen atoms in total. The number of ether oxygens (including phenoxy) is 2. The van der Waals surface area contributed by atoms with Crippen LogP contribution in [0.5, 0.6) is 23.0 Å². The van der Waals surface area contributed by atoms with E-state index >= 15 is 0 Å². The Hall–Kier alpha value is -3.51. The number of phenols is 4. The van der Waals surface area contributed by atoms with Gasteiger partial charge in [0.2, 0.25) is 0 Å². The predicted octanol–water partition coefficient (Wildman–Crippen LogP) is -2.05. The third-order valence-electron chi connectivity index (χ3n) is 7.42. The Labute approximate surface area is 229 Å². The standard InChI is InChI=1S/C26H28O15/c27-5-13-18(33)21(36)23(38)26(41-13)15-19(34)14-10(30)4-12(7-1-2-8(28)9(29)3-7)40-24(14)16(20(15)35)25-22(37)17(32)11(31)6-39-25/h1-4,11,13,17-18,21-23,25-29,31-38H,5-6H2/t11-,13?,17+,18-,21+,22?,23?,25+,26+/m1/s1. The second-order valence-electron chi connectivity index (χ2n) is 9.96. The van der Waals surface area contributed by atoms with Gasteiger partial charge in [-0.3, -0.25) is 4.79 Å². The van der Waals surface area contributed by atoms with Crippen LogP contribution in [0.25, 0.3) is 22.3 Å². The maximum absolute atomic E-state index is 13.4. The van der Waals surface area contributed by atoms with Gasteiger partial charge in [-0.1, -0.05) is 0 Å². The molecule has 0 saturated carbocycles. The monoisotopic (exact) mass is 580 g/mol. The van der Waals surface area contributed by atoms with Crippen LogP contribution in [0, 0.1) is 0 Å². The van der Waals surface area contributed by atoms with Crippen molar-refractivity contribution < 1.29 is 70.1 Å². The summed E-state index contributed by atoms with van der Waals surface area (Å²) in [6, 6.07) is 4.36. The number of hydrogen-bond acceptors (Lipinski definition) is 15. The number of hydrogen-bond donors (Lipinski definition) is 11. The molecule has 0 radical (unpaired) electrons. The number of aliphatic hydroxyl groups excluding tert-OH is 7. The van der Waals surface area contributed by atoms with Crippen molar-refractivity contribution in [1.29, 1.82) is 0 Å². The van der Waals surface area contributed by atoms with Crippen LogP contribution in [0.1, 0.15) is 23.3 Å². The molecule has 9 atom stereocenters. The highest BCUT2D eigenvalue weighted by Crippen LogP contribution is 2.50. The summed E-state index contributed by atoms with van der Waals surface area (Å²) in [5, 5.41) is 113. The quantitative estimate of drug-likeness (QED) is 0.148. The molecule has 1 aromatic heterocycles. The average molecular weight is 580 g/mol. The zero-order valence-electron chi connectivity index (χ0n) is 21.0. The van der Waals surface area contributed by atoms with Crippen LogP contribution in [0.2, 0.25) is 0 Å². The minimum absolute atomic E-state index is 0.0720. The maximum atomic E-state index is 13.4. The number of benzene rings is 2. The molecular formula is C26H28O15. The van der Waals surface area contributed by atoms with Gasteiger partial charge in [0.25, 0.3) is 0 Å². The lowest BCUT2D eigenvalue weighted by Crippen LogP contribution is -2.55. The van der Waals surface area contributed by atoms with E-state index in [1.165, 1.54) is 6.07 Å². The molecule has 222 valence electrons. The van der Waals surface area contributed by atoms with Crippen molar-refractivity contribution in [2.75, 3.05) is 13.2 Å². The summed E-state index contributed by atoms with van der Waals surface area (Å²) in [5.74, 6) is -3.21. The molecule has 5 rings (SSSR count). The smallest absolute Gasteiger partial charge is 0.197 e. The molecule has 2 aliphatic heterocycles. The molecule has 3 aromatic rings. The van der Waals surface area contributed by atoms with Crippen LogP contribution in [0.15, 0.2) is 33.5 Å². The van der Waals surface area contributed by atoms with E-state index in [-0.39, 0.29) is 11.3 Å². The Morgan fingerprint density at radius 2 is 1.44 bits per heavy atom. The lowest BCUT2D eigenvalue weighted by atomic mass is 9.85. The normalized spacial score (nSPS) is 32.3. The SMILES string of the molecule is O=c1cc(-c2ccc(O)c(O)c2)oc2c([C@@H]3OC[C@@H](O)[C@H](O)C3O)c(O)c([C@@H]3OC(CO)[C@@H](O)[C@H](O)C3O)c(O)c12. The van der Waals surface area contributed by atoms with E-state index in [1.807, 2.05) is 0 Å². The Kier molecular flexibility index (Phi) is 7.58. The van der Waals surface area contributed by atoms with E-state index < -0.39 is 119 Å². The van der Waals surface area contributed by atoms with Crippen LogP contribution in [-0.2, 0) is 9.47 Å². The second-order valence-corrected chi connectivity index (χ2v) is 9.96. The first kappa shape index (κ1) is 29.0. The fraction of sp³-hybridized carbons (Fsp3) is 0.423. The summed E-state index contributed by atoms with van der Waals surface area (Å²) in [6.07, 6.45) is -16.0.